The number of hydrogen-bond donors (Lipinski definition) is 1. The smallest absolute Gasteiger partial charge is 0.406 e. The van der Waals surface area contributed by atoms with E-state index in [0.29, 0.717) is 11.5 Å². The fourth-order valence-electron chi connectivity index (χ4n) is 2.79. The molecule has 1 N–H and O–H groups in total. The van der Waals surface area contributed by atoms with Gasteiger partial charge in [0.25, 0.3) is 0 Å². The molecule has 106 valence electrons. The first-order chi connectivity index (χ1) is 8.87. The number of hydrogen-bond acceptors (Lipinski definition) is 2. The Morgan fingerprint density at radius 3 is 2.63 bits per heavy atom. The van der Waals surface area contributed by atoms with Crippen molar-refractivity contribution in [2.45, 2.75) is 38.7 Å². The van der Waals surface area contributed by atoms with Gasteiger partial charge in [-0.3, -0.25) is 0 Å². The van der Waals surface area contributed by atoms with E-state index >= 15 is 0 Å². The molecule has 2 nitrogen and oxygen atoms in total. The number of aliphatic hydroxyl groups excluding tert-OH is 1. The lowest BCUT2D eigenvalue weighted by atomic mass is 9.88. The zero-order valence-corrected chi connectivity index (χ0v) is 10.7. The molecule has 0 heterocycles. The SMILES string of the molecule is CC1CCCC1C(O)c1cccc(OC(F)(F)F)c1. The molecular weight excluding hydrogens is 257 g/mol. The molecule has 1 aromatic carbocycles. The minimum absolute atomic E-state index is 0.112. The summed E-state index contributed by atoms with van der Waals surface area (Å²) in [5.74, 6) is 0.220. The molecule has 3 unspecified atom stereocenters. The summed E-state index contributed by atoms with van der Waals surface area (Å²) < 4.78 is 40.3. The van der Waals surface area contributed by atoms with Crippen molar-refractivity contribution in [2.75, 3.05) is 0 Å². The van der Waals surface area contributed by atoms with Crippen LogP contribution in [0, 0.1) is 11.8 Å². The summed E-state index contributed by atoms with van der Waals surface area (Å²) in [6.45, 7) is 2.07. The maximum atomic E-state index is 12.2. The minimum Gasteiger partial charge on any atom is -0.406 e. The molecule has 1 saturated carbocycles. The van der Waals surface area contributed by atoms with E-state index in [4.69, 9.17) is 0 Å². The van der Waals surface area contributed by atoms with Crippen LogP contribution in [0.1, 0.15) is 37.9 Å². The lowest BCUT2D eigenvalue weighted by molar-refractivity contribution is -0.274. The number of ether oxygens (including phenoxy) is 1. The first-order valence-corrected chi connectivity index (χ1v) is 6.40. The van der Waals surface area contributed by atoms with E-state index in [1.54, 1.807) is 6.07 Å². The third-order valence-electron chi connectivity index (χ3n) is 3.77. The van der Waals surface area contributed by atoms with Crippen LogP contribution in [-0.2, 0) is 0 Å². The van der Waals surface area contributed by atoms with Crippen molar-refractivity contribution >= 4 is 0 Å². The average molecular weight is 274 g/mol. The standard InChI is InChI=1S/C14H17F3O2/c1-9-4-2-7-12(9)13(18)10-5-3-6-11(8-10)19-14(15,16)17/h3,5-6,8-9,12-13,18H,2,4,7H2,1H3. The topological polar surface area (TPSA) is 29.5 Å². The summed E-state index contributed by atoms with van der Waals surface area (Å²) in [5.41, 5.74) is 0.487. The van der Waals surface area contributed by atoms with Crippen LogP contribution in [-0.4, -0.2) is 11.5 Å². The Morgan fingerprint density at radius 1 is 1.32 bits per heavy atom. The number of alkyl halides is 3. The summed E-state index contributed by atoms with van der Waals surface area (Å²) in [7, 11) is 0. The first kappa shape index (κ1) is 14.2. The third-order valence-corrected chi connectivity index (χ3v) is 3.77. The molecule has 0 amide bonds. The molecular formula is C14H17F3O2. The zero-order chi connectivity index (χ0) is 14.0. The van der Waals surface area contributed by atoms with Gasteiger partial charge in [-0.2, -0.15) is 0 Å². The molecule has 0 bridgehead atoms. The van der Waals surface area contributed by atoms with Gasteiger partial charge in [0.1, 0.15) is 5.75 Å². The van der Waals surface area contributed by atoms with Crippen molar-refractivity contribution in [3.63, 3.8) is 0 Å². The highest BCUT2D eigenvalue weighted by atomic mass is 19.4. The van der Waals surface area contributed by atoms with Gasteiger partial charge in [0, 0.05) is 0 Å². The summed E-state index contributed by atoms with van der Waals surface area (Å²) in [4.78, 5) is 0. The fraction of sp³-hybridized carbons (Fsp3) is 0.571. The summed E-state index contributed by atoms with van der Waals surface area (Å²) >= 11 is 0. The van der Waals surface area contributed by atoms with Crippen LogP contribution in [0.4, 0.5) is 13.2 Å². The zero-order valence-electron chi connectivity index (χ0n) is 10.7. The van der Waals surface area contributed by atoms with Crippen molar-refractivity contribution in [3.05, 3.63) is 29.8 Å². The summed E-state index contributed by atoms with van der Waals surface area (Å²) in [5, 5.41) is 10.3. The largest absolute Gasteiger partial charge is 0.573 e. The van der Waals surface area contributed by atoms with Gasteiger partial charge in [-0.1, -0.05) is 31.9 Å². The van der Waals surface area contributed by atoms with Crippen LogP contribution in [0.2, 0.25) is 0 Å². The van der Waals surface area contributed by atoms with Crippen molar-refractivity contribution in [3.8, 4) is 5.75 Å². The third kappa shape index (κ3) is 3.62. The average Bonchev–Trinajstić information content (AvgIpc) is 2.72. The predicted octanol–water partition coefficient (Wildman–Crippen LogP) is 4.05. The van der Waals surface area contributed by atoms with Crippen molar-refractivity contribution in [2.24, 2.45) is 11.8 Å². The number of benzene rings is 1. The number of halogens is 3. The fourth-order valence-corrected chi connectivity index (χ4v) is 2.79. The Hall–Kier alpha value is -1.23. The molecule has 5 heteroatoms. The van der Waals surface area contributed by atoms with Crippen LogP contribution >= 0.6 is 0 Å². The molecule has 1 fully saturated rings. The van der Waals surface area contributed by atoms with E-state index in [2.05, 4.69) is 11.7 Å². The van der Waals surface area contributed by atoms with Gasteiger partial charge in [-0.25, -0.2) is 0 Å². The molecule has 1 aliphatic rings. The van der Waals surface area contributed by atoms with E-state index < -0.39 is 12.5 Å². The highest BCUT2D eigenvalue weighted by molar-refractivity contribution is 5.30. The maximum Gasteiger partial charge on any atom is 0.573 e. The molecule has 0 aliphatic heterocycles. The van der Waals surface area contributed by atoms with E-state index in [0.717, 1.165) is 19.3 Å². The van der Waals surface area contributed by atoms with Crippen LogP contribution < -0.4 is 4.74 Å². The van der Waals surface area contributed by atoms with E-state index in [9.17, 15) is 18.3 Å². The summed E-state index contributed by atoms with van der Waals surface area (Å²) in [6.07, 6.45) is -2.41. The number of rotatable bonds is 3. The number of aliphatic hydroxyl groups is 1. The van der Waals surface area contributed by atoms with Crippen LogP contribution in [0.25, 0.3) is 0 Å². The van der Waals surface area contributed by atoms with Gasteiger partial charge in [0.2, 0.25) is 0 Å². The predicted molar refractivity (Wildman–Crippen MR) is 64.6 cm³/mol. The molecule has 1 aliphatic carbocycles. The maximum absolute atomic E-state index is 12.2. The Labute approximate surface area is 110 Å². The van der Waals surface area contributed by atoms with E-state index in [-0.39, 0.29) is 11.7 Å². The Balaban J connectivity index is 2.14. The minimum atomic E-state index is -4.70. The van der Waals surface area contributed by atoms with Crippen molar-refractivity contribution in [1.82, 2.24) is 0 Å². The van der Waals surface area contributed by atoms with Crippen molar-refractivity contribution in [1.29, 1.82) is 0 Å². The first-order valence-electron chi connectivity index (χ1n) is 6.40. The second kappa shape index (κ2) is 5.41. The van der Waals surface area contributed by atoms with Gasteiger partial charge >= 0.3 is 6.36 Å². The van der Waals surface area contributed by atoms with Gasteiger partial charge in [-0.15, -0.1) is 13.2 Å². The van der Waals surface area contributed by atoms with Gasteiger partial charge in [0.15, 0.2) is 0 Å². The highest BCUT2D eigenvalue weighted by Crippen LogP contribution is 2.40. The van der Waals surface area contributed by atoms with Crippen LogP contribution in [0.5, 0.6) is 5.75 Å². The second-order valence-electron chi connectivity index (χ2n) is 5.14. The molecule has 19 heavy (non-hydrogen) atoms. The van der Waals surface area contributed by atoms with Gasteiger partial charge in [0.05, 0.1) is 6.10 Å². The molecule has 0 spiro atoms. The normalized spacial score (nSPS) is 25.3. The summed E-state index contributed by atoms with van der Waals surface area (Å²) in [6, 6.07) is 5.61. The Bertz CT molecular complexity index is 431. The van der Waals surface area contributed by atoms with Crippen LogP contribution in [0.15, 0.2) is 24.3 Å². The van der Waals surface area contributed by atoms with E-state index in [1.165, 1.54) is 18.2 Å². The molecule has 2 rings (SSSR count). The quantitative estimate of drug-likeness (QED) is 0.900. The van der Waals surface area contributed by atoms with Gasteiger partial charge < -0.3 is 9.84 Å². The molecule has 3 atom stereocenters. The molecule has 0 aromatic heterocycles. The Kier molecular flexibility index (Phi) is 4.04. The lowest BCUT2D eigenvalue weighted by Gasteiger charge is -2.23. The molecule has 0 saturated heterocycles. The lowest BCUT2D eigenvalue weighted by Crippen LogP contribution is -2.18. The Morgan fingerprint density at radius 2 is 2.05 bits per heavy atom. The van der Waals surface area contributed by atoms with Crippen molar-refractivity contribution < 1.29 is 23.0 Å². The second-order valence-corrected chi connectivity index (χ2v) is 5.14. The molecule has 1 aromatic rings. The van der Waals surface area contributed by atoms with Gasteiger partial charge in [-0.05, 0) is 36.0 Å². The monoisotopic (exact) mass is 274 g/mol. The highest BCUT2D eigenvalue weighted by Gasteiger charge is 2.33. The van der Waals surface area contributed by atoms with E-state index in [1.807, 2.05) is 0 Å². The van der Waals surface area contributed by atoms with Crippen LogP contribution in [0.3, 0.4) is 0 Å². The molecule has 0 radical (unpaired) electrons.